The van der Waals surface area contributed by atoms with E-state index in [0.29, 0.717) is 22.6 Å². The Hall–Kier alpha value is -2.74. The van der Waals surface area contributed by atoms with Crippen LogP contribution in [-0.4, -0.2) is 15.2 Å². The van der Waals surface area contributed by atoms with Gasteiger partial charge in [0.25, 0.3) is 0 Å². The summed E-state index contributed by atoms with van der Waals surface area (Å²) in [5.74, 6) is 0.185. The number of nitrogen functional groups attached to an aromatic ring is 1. The standard InChI is InChI=1S/C16H15N3O2/c17-8-12-11(10-4-5-14(20)15(21)6-10)7-13(19-16(12)18)9-2-1-3-9/h4-7,9,20-21H,1-3H2,(H2,18,19). The van der Waals surface area contributed by atoms with E-state index in [0.717, 1.165) is 18.5 Å². The molecule has 3 rings (SSSR count). The molecule has 0 radical (unpaired) electrons. The van der Waals surface area contributed by atoms with Gasteiger partial charge >= 0.3 is 0 Å². The van der Waals surface area contributed by atoms with Crippen LogP contribution in [0.4, 0.5) is 5.82 Å². The van der Waals surface area contributed by atoms with Gasteiger partial charge in [-0.1, -0.05) is 12.5 Å². The summed E-state index contributed by atoms with van der Waals surface area (Å²) in [5, 5.41) is 28.4. The van der Waals surface area contributed by atoms with Gasteiger partial charge in [0.1, 0.15) is 17.5 Å². The largest absolute Gasteiger partial charge is 0.504 e. The molecule has 0 bridgehead atoms. The highest BCUT2D eigenvalue weighted by Gasteiger charge is 2.23. The Kier molecular flexibility index (Phi) is 3.15. The number of anilines is 1. The molecule has 2 aromatic rings. The summed E-state index contributed by atoms with van der Waals surface area (Å²) in [4.78, 5) is 4.34. The number of hydrogen-bond donors (Lipinski definition) is 3. The van der Waals surface area contributed by atoms with Crippen molar-refractivity contribution in [3.63, 3.8) is 0 Å². The zero-order chi connectivity index (χ0) is 15.0. The summed E-state index contributed by atoms with van der Waals surface area (Å²) in [6.07, 6.45) is 3.35. The molecule has 1 heterocycles. The molecule has 0 unspecified atom stereocenters. The molecule has 1 saturated carbocycles. The Bertz CT molecular complexity index is 746. The molecule has 21 heavy (non-hydrogen) atoms. The van der Waals surface area contributed by atoms with Crippen molar-refractivity contribution >= 4 is 5.82 Å². The molecule has 5 heteroatoms. The minimum Gasteiger partial charge on any atom is -0.504 e. The van der Waals surface area contributed by atoms with Crippen molar-refractivity contribution < 1.29 is 10.2 Å². The van der Waals surface area contributed by atoms with Crippen molar-refractivity contribution in [1.29, 1.82) is 5.26 Å². The van der Waals surface area contributed by atoms with Crippen LogP contribution in [-0.2, 0) is 0 Å². The highest BCUT2D eigenvalue weighted by Crippen LogP contribution is 2.39. The van der Waals surface area contributed by atoms with Crippen LogP contribution < -0.4 is 5.73 Å². The molecule has 106 valence electrons. The zero-order valence-electron chi connectivity index (χ0n) is 11.4. The van der Waals surface area contributed by atoms with Crippen LogP contribution in [0.1, 0.15) is 36.4 Å². The van der Waals surface area contributed by atoms with E-state index in [-0.39, 0.29) is 17.3 Å². The maximum absolute atomic E-state index is 9.65. The lowest BCUT2D eigenvalue weighted by Gasteiger charge is -2.25. The van der Waals surface area contributed by atoms with Gasteiger partial charge in [0.2, 0.25) is 0 Å². The van der Waals surface area contributed by atoms with E-state index in [9.17, 15) is 15.5 Å². The van der Waals surface area contributed by atoms with Gasteiger partial charge in [0.15, 0.2) is 11.5 Å². The van der Waals surface area contributed by atoms with Crippen LogP contribution >= 0.6 is 0 Å². The van der Waals surface area contributed by atoms with E-state index >= 15 is 0 Å². The van der Waals surface area contributed by atoms with Gasteiger partial charge in [0.05, 0.1) is 0 Å². The topological polar surface area (TPSA) is 103 Å². The van der Waals surface area contributed by atoms with E-state index in [1.807, 2.05) is 6.07 Å². The minimum absolute atomic E-state index is 0.196. The van der Waals surface area contributed by atoms with Crippen molar-refractivity contribution in [3.05, 3.63) is 35.5 Å². The van der Waals surface area contributed by atoms with Crippen LogP contribution in [0, 0.1) is 11.3 Å². The maximum Gasteiger partial charge on any atom is 0.158 e. The van der Waals surface area contributed by atoms with Crippen LogP contribution in [0.25, 0.3) is 11.1 Å². The lowest BCUT2D eigenvalue weighted by Crippen LogP contribution is -2.12. The fourth-order valence-corrected chi connectivity index (χ4v) is 2.53. The van der Waals surface area contributed by atoms with Crippen molar-refractivity contribution in [2.75, 3.05) is 5.73 Å². The Morgan fingerprint density at radius 2 is 1.95 bits per heavy atom. The third-order valence-corrected chi connectivity index (χ3v) is 3.99. The van der Waals surface area contributed by atoms with Crippen LogP contribution in [0.5, 0.6) is 11.5 Å². The molecule has 0 aliphatic heterocycles. The number of hydrogen-bond acceptors (Lipinski definition) is 5. The molecule has 1 aromatic carbocycles. The van der Waals surface area contributed by atoms with Crippen LogP contribution in [0.3, 0.4) is 0 Å². The number of nitrogens with zero attached hydrogens (tertiary/aromatic N) is 2. The van der Waals surface area contributed by atoms with Crippen LogP contribution in [0.15, 0.2) is 24.3 Å². The Labute approximate surface area is 122 Å². The molecule has 1 fully saturated rings. The fraction of sp³-hybridized carbons (Fsp3) is 0.250. The third kappa shape index (κ3) is 2.25. The Balaban J connectivity index is 2.16. The summed E-state index contributed by atoms with van der Waals surface area (Å²) in [6, 6.07) is 8.40. The number of aromatic hydroxyl groups is 2. The second-order valence-electron chi connectivity index (χ2n) is 5.30. The van der Waals surface area contributed by atoms with E-state index in [2.05, 4.69) is 11.1 Å². The highest BCUT2D eigenvalue weighted by atomic mass is 16.3. The molecular formula is C16H15N3O2. The monoisotopic (exact) mass is 281 g/mol. The molecule has 0 saturated heterocycles. The summed E-state index contributed by atoms with van der Waals surface area (Å²) < 4.78 is 0. The average Bonchev–Trinajstić information content (AvgIpc) is 2.39. The van der Waals surface area contributed by atoms with Gasteiger partial charge < -0.3 is 15.9 Å². The normalized spacial score (nSPS) is 14.4. The van der Waals surface area contributed by atoms with Crippen LogP contribution in [0.2, 0.25) is 0 Å². The Morgan fingerprint density at radius 3 is 2.52 bits per heavy atom. The smallest absolute Gasteiger partial charge is 0.158 e. The number of benzene rings is 1. The number of rotatable bonds is 2. The first kappa shape index (κ1) is 13.3. The van der Waals surface area contributed by atoms with Crippen molar-refractivity contribution in [2.45, 2.75) is 25.2 Å². The van der Waals surface area contributed by atoms with E-state index < -0.39 is 0 Å². The summed E-state index contributed by atoms with van der Waals surface area (Å²) in [7, 11) is 0. The average molecular weight is 281 g/mol. The SMILES string of the molecule is N#Cc1c(-c2ccc(O)c(O)c2)cc(C2CCC2)nc1N. The Morgan fingerprint density at radius 1 is 1.19 bits per heavy atom. The summed E-state index contributed by atoms with van der Waals surface area (Å²) in [5.41, 5.74) is 8.37. The number of phenols is 2. The first-order valence-electron chi connectivity index (χ1n) is 6.83. The molecule has 1 aliphatic rings. The number of phenolic OH excluding ortho intramolecular Hbond substituents is 2. The quantitative estimate of drug-likeness (QED) is 0.734. The van der Waals surface area contributed by atoms with Gasteiger partial charge in [-0.2, -0.15) is 5.26 Å². The predicted octanol–water partition coefficient (Wildman–Crippen LogP) is 2.88. The summed E-state index contributed by atoms with van der Waals surface area (Å²) in [6.45, 7) is 0. The molecule has 4 N–H and O–H groups in total. The van der Waals surface area contributed by atoms with Gasteiger partial charge in [-0.3, -0.25) is 0 Å². The fourth-order valence-electron chi connectivity index (χ4n) is 2.53. The third-order valence-electron chi connectivity index (χ3n) is 3.99. The molecule has 0 spiro atoms. The molecule has 1 aliphatic carbocycles. The van der Waals surface area contributed by atoms with Crippen molar-refractivity contribution in [1.82, 2.24) is 4.98 Å². The molecule has 5 nitrogen and oxygen atoms in total. The second kappa shape index (κ2) is 4.98. The predicted molar refractivity (Wildman–Crippen MR) is 78.7 cm³/mol. The molecule has 1 aromatic heterocycles. The number of nitriles is 1. The first-order chi connectivity index (χ1) is 10.1. The van der Waals surface area contributed by atoms with Crippen molar-refractivity contribution in [2.24, 2.45) is 0 Å². The highest BCUT2D eigenvalue weighted by molar-refractivity contribution is 5.77. The lowest BCUT2D eigenvalue weighted by molar-refractivity contribution is 0.404. The molecule has 0 atom stereocenters. The van der Waals surface area contributed by atoms with E-state index in [1.54, 1.807) is 6.07 Å². The van der Waals surface area contributed by atoms with E-state index in [1.165, 1.54) is 18.6 Å². The number of nitrogens with two attached hydrogens (primary N) is 1. The number of aromatic nitrogens is 1. The molecular weight excluding hydrogens is 266 g/mol. The summed E-state index contributed by atoms with van der Waals surface area (Å²) >= 11 is 0. The van der Waals surface area contributed by atoms with Gasteiger partial charge in [-0.05, 0) is 36.6 Å². The maximum atomic E-state index is 9.65. The first-order valence-corrected chi connectivity index (χ1v) is 6.83. The zero-order valence-corrected chi connectivity index (χ0v) is 11.4. The van der Waals surface area contributed by atoms with Gasteiger partial charge in [-0.25, -0.2) is 4.98 Å². The van der Waals surface area contributed by atoms with E-state index in [4.69, 9.17) is 5.73 Å². The van der Waals surface area contributed by atoms with Gasteiger partial charge in [0, 0.05) is 17.2 Å². The minimum atomic E-state index is -0.225. The number of pyridine rings is 1. The van der Waals surface area contributed by atoms with Crippen molar-refractivity contribution in [3.8, 4) is 28.7 Å². The second-order valence-corrected chi connectivity index (χ2v) is 5.30. The van der Waals surface area contributed by atoms with Gasteiger partial charge in [-0.15, -0.1) is 0 Å². The lowest BCUT2D eigenvalue weighted by atomic mass is 9.81. The molecule has 0 amide bonds.